The average molecular weight is 340 g/mol. The summed E-state index contributed by atoms with van der Waals surface area (Å²) < 4.78 is 11.0. The van der Waals surface area contributed by atoms with Crippen molar-refractivity contribution in [3.8, 4) is 11.5 Å². The van der Waals surface area contributed by atoms with Crippen molar-refractivity contribution in [2.24, 2.45) is 0 Å². The van der Waals surface area contributed by atoms with E-state index in [2.05, 4.69) is 10.3 Å². The molecule has 0 unspecified atom stereocenters. The minimum absolute atomic E-state index is 0.0537. The van der Waals surface area contributed by atoms with Crippen LogP contribution in [0.15, 0.2) is 53.6 Å². The molecule has 0 radical (unpaired) electrons. The zero-order chi connectivity index (χ0) is 16.4. The van der Waals surface area contributed by atoms with Gasteiger partial charge in [0, 0.05) is 33.7 Å². The lowest BCUT2D eigenvalue weighted by atomic mass is 10.2. The van der Waals surface area contributed by atoms with E-state index in [4.69, 9.17) is 9.47 Å². The highest BCUT2D eigenvalue weighted by Crippen LogP contribution is 2.33. The second-order valence-corrected chi connectivity index (χ2v) is 6.41. The molecule has 1 amide bonds. The molecule has 1 aromatic heterocycles. The number of anilines is 1. The predicted molar refractivity (Wildman–Crippen MR) is 95.1 cm³/mol. The van der Waals surface area contributed by atoms with Gasteiger partial charge in [-0.1, -0.05) is 18.2 Å². The number of thioether (sulfide) groups is 1. The normalized spacial score (nSPS) is 13.0. The van der Waals surface area contributed by atoms with Crippen molar-refractivity contribution in [3.05, 3.63) is 48.7 Å². The number of ether oxygens (including phenoxy) is 2. The van der Waals surface area contributed by atoms with Crippen LogP contribution in [0.1, 0.15) is 0 Å². The van der Waals surface area contributed by atoms with E-state index in [-0.39, 0.29) is 5.91 Å². The van der Waals surface area contributed by atoms with Crippen LogP contribution in [-0.4, -0.2) is 29.9 Å². The molecule has 4 rings (SSSR count). The molecule has 1 aliphatic rings. The predicted octanol–water partition coefficient (Wildman–Crippen LogP) is 3.67. The number of nitrogens with one attached hydrogen (secondary N) is 2. The van der Waals surface area contributed by atoms with Crippen molar-refractivity contribution in [3.63, 3.8) is 0 Å². The smallest absolute Gasteiger partial charge is 0.234 e. The first-order chi connectivity index (χ1) is 11.8. The van der Waals surface area contributed by atoms with Gasteiger partial charge in [-0.05, 0) is 18.2 Å². The van der Waals surface area contributed by atoms with Gasteiger partial charge in [0.2, 0.25) is 5.91 Å². The zero-order valence-corrected chi connectivity index (χ0v) is 13.7. The number of aromatic nitrogens is 1. The number of para-hydroxylation sites is 1. The Morgan fingerprint density at radius 2 is 1.96 bits per heavy atom. The third kappa shape index (κ3) is 3.05. The Morgan fingerprint density at radius 3 is 2.88 bits per heavy atom. The number of carbonyl (C=O) groups excluding carboxylic acids is 1. The molecule has 0 saturated carbocycles. The number of benzene rings is 2. The molecular formula is C18H16N2O3S. The third-order valence-corrected chi connectivity index (χ3v) is 4.79. The van der Waals surface area contributed by atoms with Crippen LogP contribution in [0.4, 0.5) is 5.69 Å². The van der Waals surface area contributed by atoms with Crippen LogP contribution in [0, 0.1) is 0 Å². The van der Waals surface area contributed by atoms with E-state index in [1.807, 2.05) is 42.6 Å². The molecule has 122 valence electrons. The summed E-state index contributed by atoms with van der Waals surface area (Å²) in [5, 5.41) is 4.03. The number of hydrogen-bond acceptors (Lipinski definition) is 4. The maximum Gasteiger partial charge on any atom is 0.234 e. The van der Waals surface area contributed by atoms with Gasteiger partial charge in [-0.2, -0.15) is 0 Å². The molecule has 3 aromatic rings. The lowest BCUT2D eigenvalue weighted by Gasteiger charge is -2.18. The Kier molecular flexibility index (Phi) is 4.04. The summed E-state index contributed by atoms with van der Waals surface area (Å²) in [5.41, 5.74) is 1.79. The van der Waals surface area contributed by atoms with Crippen LogP contribution in [0.5, 0.6) is 11.5 Å². The number of hydrogen-bond donors (Lipinski definition) is 2. The van der Waals surface area contributed by atoms with Crippen LogP contribution in [0.2, 0.25) is 0 Å². The third-order valence-electron chi connectivity index (χ3n) is 3.74. The molecule has 1 aliphatic heterocycles. The highest BCUT2D eigenvalue weighted by Gasteiger charge is 2.13. The summed E-state index contributed by atoms with van der Waals surface area (Å²) in [4.78, 5) is 16.5. The molecule has 5 nitrogen and oxygen atoms in total. The van der Waals surface area contributed by atoms with Gasteiger partial charge in [0.15, 0.2) is 11.5 Å². The van der Waals surface area contributed by atoms with E-state index < -0.39 is 0 Å². The summed E-state index contributed by atoms with van der Waals surface area (Å²) in [5.74, 6) is 1.67. The van der Waals surface area contributed by atoms with Gasteiger partial charge in [0.1, 0.15) is 13.2 Å². The number of fused-ring (bicyclic) bond motifs is 2. The Hall–Kier alpha value is -2.60. The average Bonchev–Trinajstić information content (AvgIpc) is 3.03. The number of carbonyl (C=O) groups is 1. The van der Waals surface area contributed by atoms with Crippen molar-refractivity contribution < 1.29 is 14.3 Å². The van der Waals surface area contributed by atoms with Gasteiger partial charge in [-0.25, -0.2) is 0 Å². The first-order valence-electron chi connectivity index (χ1n) is 7.68. The van der Waals surface area contributed by atoms with Crippen molar-refractivity contribution in [2.45, 2.75) is 4.90 Å². The highest BCUT2D eigenvalue weighted by atomic mass is 32.2. The number of amides is 1. The van der Waals surface area contributed by atoms with Crippen LogP contribution in [0.25, 0.3) is 10.9 Å². The van der Waals surface area contributed by atoms with E-state index in [1.54, 1.807) is 6.07 Å². The molecule has 0 spiro atoms. The molecule has 0 fully saturated rings. The van der Waals surface area contributed by atoms with Gasteiger partial charge in [0.05, 0.1) is 5.75 Å². The highest BCUT2D eigenvalue weighted by molar-refractivity contribution is 8.00. The van der Waals surface area contributed by atoms with Crippen molar-refractivity contribution in [1.29, 1.82) is 0 Å². The SMILES string of the molecule is O=C(CSc1c[nH]c2ccccc12)Nc1ccc2c(c1)OCCO2. The van der Waals surface area contributed by atoms with Gasteiger partial charge >= 0.3 is 0 Å². The van der Waals surface area contributed by atoms with Gasteiger partial charge in [-0.3, -0.25) is 4.79 Å². The molecule has 0 bridgehead atoms. The second-order valence-electron chi connectivity index (χ2n) is 5.39. The minimum atomic E-state index is -0.0537. The van der Waals surface area contributed by atoms with E-state index >= 15 is 0 Å². The lowest BCUT2D eigenvalue weighted by Crippen LogP contribution is -2.17. The fraction of sp³-hybridized carbons (Fsp3) is 0.167. The fourth-order valence-corrected chi connectivity index (χ4v) is 3.46. The molecule has 24 heavy (non-hydrogen) atoms. The van der Waals surface area contributed by atoms with Crippen molar-refractivity contribution in [2.75, 3.05) is 24.3 Å². The lowest BCUT2D eigenvalue weighted by molar-refractivity contribution is -0.113. The monoisotopic (exact) mass is 340 g/mol. The first-order valence-corrected chi connectivity index (χ1v) is 8.66. The fourth-order valence-electron chi connectivity index (χ4n) is 2.63. The maximum atomic E-state index is 12.2. The van der Waals surface area contributed by atoms with E-state index in [0.29, 0.717) is 36.2 Å². The quantitative estimate of drug-likeness (QED) is 0.711. The Bertz CT molecular complexity index is 891. The van der Waals surface area contributed by atoms with Crippen LogP contribution in [-0.2, 0) is 4.79 Å². The van der Waals surface area contributed by atoms with E-state index in [9.17, 15) is 4.79 Å². The van der Waals surface area contributed by atoms with E-state index in [1.165, 1.54) is 11.8 Å². The van der Waals surface area contributed by atoms with Gasteiger partial charge in [0.25, 0.3) is 0 Å². The van der Waals surface area contributed by atoms with Crippen molar-refractivity contribution in [1.82, 2.24) is 4.98 Å². The molecular weight excluding hydrogens is 324 g/mol. The van der Waals surface area contributed by atoms with Crippen LogP contribution in [0.3, 0.4) is 0 Å². The topological polar surface area (TPSA) is 63.4 Å². The molecule has 0 atom stereocenters. The molecule has 2 aromatic carbocycles. The molecule has 2 N–H and O–H groups in total. The number of aromatic amines is 1. The standard InChI is InChI=1S/C18H16N2O3S/c21-18(11-24-17-10-19-14-4-2-1-3-13(14)17)20-12-5-6-15-16(9-12)23-8-7-22-15/h1-6,9-10,19H,7-8,11H2,(H,20,21). The van der Waals surface area contributed by atoms with Crippen LogP contribution < -0.4 is 14.8 Å². The summed E-state index contributed by atoms with van der Waals surface area (Å²) in [7, 11) is 0. The minimum Gasteiger partial charge on any atom is -0.486 e. The number of H-pyrrole nitrogens is 1. The summed E-state index contributed by atoms with van der Waals surface area (Å²) in [6.07, 6.45) is 1.94. The summed E-state index contributed by atoms with van der Waals surface area (Å²) in [6, 6.07) is 13.5. The summed E-state index contributed by atoms with van der Waals surface area (Å²) in [6.45, 7) is 1.08. The molecule has 0 saturated heterocycles. The van der Waals surface area contributed by atoms with E-state index in [0.717, 1.165) is 15.8 Å². The second kappa shape index (κ2) is 6.49. The van der Waals surface area contributed by atoms with Gasteiger partial charge in [-0.15, -0.1) is 11.8 Å². The molecule has 0 aliphatic carbocycles. The van der Waals surface area contributed by atoms with Crippen LogP contribution >= 0.6 is 11.8 Å². The Labute approximate surface area is 143 Å². The Morgan fingerprint density at radius 1 is 1.12 bits per heavy atom. The first kappa shape index (κ1) is 15.0. The largest absolute Gasteiger partial charge is 0.486 e. The summed E-state index contributed by atoms with van der Waals surface area (Å²) >= 11 is 1.51. The molecule has 2 heterocycles. The zero-order valence-electron chi connectivity index (χ0n) is 12.9. The molecule has 6 heteroatoms. The Balaban J connectivity index is 1.40. The maximum absolute atomic E-state index is 12.2. The van der Waals surface area contributed by atoms with Gasteiger partial charge < -0.3 is 19.8 Å². The van der Waals surface area contributed by atoms with Crippen molar-refractivity contribution >= 4 is 34.3 Å². The number of rotatable bonds is 4.